The first-order valence-corrected chi connectivity index (χ1v) is 7.68. The molecule has 1 aromatic carbocycles. The van der Waals surface area contributed by atoms with Gasteiger partial charge in [-0.1, -0.05) is 12.1 Å². The van der Waals surface area contributed by atoms with Crippen LogP contribution in [0.4, 0.5) is 5.69 Å². The van der Waals surface area contributed by atoms with Crippen molar-refractivity contribution in [3.05, 3.63) is 65.1 Å². The topological polar surface area (TPSA) is 54.9 Å². The fraction of sp³-hybridized carbons (Fsp3) is 0. The molecule has 0 radical (unpaired) electrons. The molecule has 4 nitrogen and oxygen atoms in total. The number of thiophene rings is 1. The first-order chi connectivity index (χ1) is 10.8. The SMILES string of the molecule is O=C(Nc1cc2cccnc2c2ncccc12)c1cccs1. The highest BCUT2D eigenvalue weighted by Gasteiger charge is 2.12. The third kappa shape index (κ3) is 2.12. The van der Waals surface area contributed by atoms with Crippen LogP contribution in [0.1, 0.15) is 9.67 Å². The van der Waals surface area contributed by atoms with Crippen molar-refractivity contribution in [3.8, 4) is 0 Å². The summed E-state index contributed by atoms with van der Waals surface area (Å²) in [6, 6.07) is 13.3. The van der Waals surface area contributed by atoms with E-state index in [-0.39, 0.29) is 5.91 Å². The van der Waals surface area contributed by atoms with Crippen LogP contribution in [-0.2, 0) is 0 Å². The molecule has 0 aliphatic rings. The molecule has 3 aromatic heterocycles. The third-order valence-electron chi connectivity index (χ3n) is 3.45. The van der Waals surface area contributed by atoms with Crippen LogP contribution in [0.15, 0.2) is 60.2 Å². The average molecular weight is 305 g/mol. The number of benzene rings is 1. The van der Waals surface area contributed by atoms with Crippen LogP contribution >= 0.6 is 11.3 Å². The number of aromatic nitrogens is 2. The van der Waals surface area contributed by atoms with Gasteiger partial charge in [-0.2, -0.15) is 0 Å². The zero-order chi connectivity index (χ0) is 14.9. The summed E-state index contributed by atoms with van der Waals surface area (Å²) in [5.41, 5.74) is 2.39. The molecule has 4 rings (SSSR count). The second-order valence-electron chi connectivity index (χ2n) is 4.83. The molecule has 1 N–H and O–H groups in total. The molecule has 0 saturated heterocycles. The van der Waals surface area contributed by atoms with E-state index in [1.807, 2.05) is 47.8 Å². The van der Waals surface area contributed by atoms with E-state index in [2.05, 4.69) is 15.3 Å². The minimum atomic E-state index is -0.108. The minimum Gasteiger partial charge on any atom is -0.321 e. The average Bonchev–Trinajstić information content (AvgIpc) is 3.10. The van der Waals surface area contributed by atoms with E-state index >= 15 is 0 Å². The Morgan fingerprint density at radius 2 is 1.82 bits per heavy atom. The standard InChI is InChI=1S/C17H11N3OS/c21-17(14-6-3-9-22-14)20-13-10-11-4-1-7-18-15(11)16-12(13)5-2-8-19-16/h1-10H,(H,20,21). The Labute approximate surface area is 130 Å². The maximum atomic E-state index is 12.3. The summed E-state index contributed by atoms with van der Waals surface area (Å²) in [6.45, 7) is 0. The lowest BCUT2D eigenvalue weighted by atomic mass is 10.1. The second-order valence-corrected chi connectivity index (χ2v) is 5.78. The van der Waals surface area contributed by atoms with Crippen molar-refractivity contribution in [2.24, 2.45) is 0 Å². The number of amides is 1. The largest absolute Gasteiger partial charge is 0.321 e. The van der Waals surface area contributed by atoms with Crippen LogP contribution in [0.3, 0.4) is 0 Å². The third-order valence-corrected chi connectivity index (χ3v) is 4.32. The van der Waals surface area contributed by atoms with Gasteiger partial charge in [-0.15, -0.1) is 11.3 Å². The molecule has 0 saturated carbocycles. The maximum absolute atomic E-state index is 12.3. The smallest absolute Gasteiger partial charge is 0.265 e. The molecule has 0 aliphatic carbocycles. The summed E-state index contributed by atoms with van der Waals surface area (Å²) in [7, 11) is 0. The molecule has 0 unspecified atom stereocenters. The van der Waals surface area contributed by atoms with Gasteiger partial charge in [0, 0.05) is 23.2 Å². The number of pyridine rings is 2. The zero-order valence-corrected chi connectivity index (χ0v) is 12.3. The van der Waals surface area contributed by atoms with Crippen molar-refractivity contribution in [1.82, 2.24) is 9.97 Å². The minimum absolute atomic E-state index is 0.108. The predicted octanol–water partition coefficient (Wildman–Crippen LogP) is 4.10. The summed E-state index contributed by atoms with van der Waals surface area (Å²) < 4.78 is 0. The Kier molecular flexibility index (Phi) is 3.05. The van der Waals surface area contributed by atoms with Gasteiger partial charge in [0.1, 0.15) is 0 Å². The second kappa shape index (κ2) is 5.20. The van der Waals surface area contributed by atoms with E-state index in [1.54, 1.807) is 12.4 Å². The molecule has 106 valence electrons. The fourth-order valence-electron chi connectivity index (χ4n) is 2.47. The zero-order valence-electron chi connectivity index (χ0n) is 11.5. The monoisotopic (exact) mass is 305 g/mol. The predicted molar refractivity (Wildman–Crippen MR) is 89.3 cm³/mol. The van der Waals surface area contributed by atoms with Crippen molar-refractivity contribution in [1.29, 1.82) is 0 Å². The van der Waals surface area contributed by atoms with E-state index < -0.39 is 0 Å². The van der Waals surface area contributed by atoms with Gasteiger partial charge in [-0.25, -0.2) is 0 Å². The quantitative estimate of drug-likeness (QED) is 0.567. The van der Waals surface area contributed by atoms with Gasteiger partial charge < -0.3 is 5.32 Å². The molecular formula is C17H11N3OS. The number of fused-ring (bicyclic) bond motifs is 3. The molecule has 0 bridgehead atoms. The van der Waals surface area contributed by atoms with Gasteiger partial charge in [-0.05, 0) is 35.7 Å². The van der Waals surface area contributed by atoms with E-state index in [4.69, 9.17) is 0 Å². The van der Waals surface area contributed by atoms with Crippen molar-refractivity contribution < 1.29 is 4.79 Å². The molecule has 0 fully saturated rings. The molecule has 0 spiro atoms. The molecule has 3 heterocycles. The number of carbonyl (C=O) groups excluding carboxylic acids is 1. The normalized spacial score (nSPS) is 10.9. The van der Waals surface area contributed by atoms with Crippen LogP contribution in [0, 0.1) is 0 Å². The number of hydrogen-bond donors (Lipinski definition) is 1. The number of nitrogens with zero attached hydrogens (tertiary/aromatic N) is 2. The molecular weight excluding hydrogens is 294 g/mol. The van der Waals surface area contributed by atoms with Gasteiger partial charge in [0.15, 0.2) is 0 Å². The summed E-state index contributed by atoms with van der Waals surface area (Å²) in [4.78, 5) is 21.8. The molecule has 4 aromatic rings. The number of hydrogen-bond acceptors (Lipinski definition) is 4. The van der Waals surface area contributed by atoms with Gasteiger partial charge >= 0.3 is 0 Å². The Bertz CT molecular complexity index is 980. The number of anilines is 1. The maximum Gasteiger partial charge on any atom is 0.265 e. The molecule has 1 amide bonds. The Morgan fingerprint density at radius 1 is 1.00 bits per heavy atom. The van der Waals surface area contributed by atoms with Gasteiger partial charge in [-0.3, -0.25) is 14.8 Å². The van der Waals surface area contributed by atoms with Crippen molar-refractivity contribution >= 4 is 44.7 Å². The highest BCUT2D eigenvalue weighted by molar-refractivity contribution is 7.12. The highest BCUT2D eigenvalue weighted by atomic mass is 32.1. The van der Waals surface area contributed by atoms with Crippen molar-refractivity contribution in [2.75, 3.05) is 5.32 Å². The molecule has 22 heavy (non-hydrogen) atoms. The van der Waals surface area contributed by atoms with Crippen LogP contribution in [0.5, 0.6) is 0 Å². The number of carbonyl (C=O) groups is 1. The van der Waals surface area contributed by atoms with Gasteiger partial charge in [0.2, 0.25) is 0 Å². The van der Waals surface area contributed by atoms with Crippen LogP contribution in [0.25, 0.3) is 21.8 Å². The van der Waals surface area contributed by atoms with Crippen molar-refractivity contribution in [3.63, 3.8) is 0 Å². The summed E-state index contributed by atoms with van der Waals surface area (Å²) in [5, 5.41) is 6.71. The van der Waals surface area contributed by atoms with E-state index in [9.17, 15) is 4.79 Å². The first kappa shape index (κ1) is 12.9. The van der Waals surface area contributed by atoms with Crippen LogP contribution in [0.2, 0.25) is 0 Å². The Balaban J connectivity index is 1.90. The van der Waals surface area contributed by atoms with Gasteiger partial charge in [0.25, 0.3) is 5.91 Å². The molecule has 0 aliphatic heterocycles. The van der Waals surface area contributed by atoms with Gasteiger partial charge in [0.05, 0.1) is 21.6 Å². The van der Waals surface area contributed by atoms with Crippen LogP contribution < -0.4 is 5.32 Å². The van der Waals surface area contributed by atoms with E-state index in [0.717, 1.165) is 27.5 Å². The Hall–Kier alpha value is -2.79. The molecule has 0 atom stereocenters. The number of nitrogens with one attached hydrogen (secondary N) is 1. The first-order valence-electron chi connectivity index (χ1n) is 6.80. The highest BCUT2D eigenvalue weighted by Crippen LogP contribution is 2.29. The van der Waals surface area contributed by atoms with Crippen LogP contribution in [-0.4, -0.2) is 15.9 Å². The fourth-order valence-corrected chi connectivity index (χ4v) is 3.09. The lowest BCUT2D eigenvalue weighted by molar-refractivity contribution is 0.103. The summed E-state index contributed by atoms with van der Waals surface area (Å²) in [6.07, 6.45) is 3.49. The Morgan fingerprint density at radius 3 is 2.64 bits per heavy atom. The van der Waals surface area contributed by atoms with E-state index in [1.165, 1.54) is 11.3 Å². The summed E-state index contributed by atoms with van der Waals surface area (Å²) >= 11 is 1.42. The molecule has 5 heteroatoms. The van der Waals surface area contributed by atoms with Crippen molar-refractivity contribution in [2.45, 2.75) is 0 Å². The van der Waals surface area contributed by atoms with E-state index in [0.29, 0.717) is 4.88 Å². The number of rotatable bonds is 2. The lowest BCUT2D eigenvalue weighted by Gasteiger charge is -2.10. The summed E-state index contributed by atoms with van der Waals surface area (Å²) in [5.74, 6) is -0.108. The lowest BCUT2D eigenvalue weighted by Crippen LogP contribution is -2.10.